The van der Waals surface area contributed by atoms with E-state index in [9.17, 15) is 52.7 Å². The molecule has 21 heavy (non-hydrogen) atoms. The van der Waals surface area contributed by atoms with Gasteiger partial charge in [0.05, 0.1) is 0 Å². The molecule has 0 saturated carbocycles. The maximum atomic E-state index is 12.8. The molecule has 0 radical (unpaired) electrons. The van der Waals surface area contributed by atoms with Crippen molar-refractivity contribution < 1.29 is 52.7 Å². The van der Waals surface area contributed by atoms with E-state index in [0.717, 1.165) is 0 Å². The van der Waals surface area contributed by atoms with Gasteiger partial charge in [-0.3, -0.25) is 0 Å². The van der Waals surface area contributed by atoms with Crippen LogP contribution in [0.2, 0.25) is 0 Å². The Labute approximate surface area is 116 Å². The van der Waals surface area contributed by atoms with Gasteiger partial charge in [-0.1, -0.05) is 15.9 Å². The van der Waals surface area contributed by atoms with E-state index < -0.39 is 47.1 Å². The van der Waals surface area contributed by atoms with Gasteiger partial charge in [0.1, 0.15) is 0 Å². The maximum Gasteiger partial charge on any atom is 0.460 e. The average molecular weight is 407 g/mol. The number of hydrogen-bond donors (Lipinski definition) is 0. The van der Waals surface area contributed by atoms with Gasteiger partial charge in [-0.2, -0.15) is 48.3 Å². The van der Waals surface area contributed by atoms with Crippen molar-refractivity contribution in [2.45, 2.75) is 29.9 Å². The van der Waals surface area contributed by atoms with Gasteiger partial charge in [0.15, 0.2) is 5.83 Å². The summed E-state index contributed by atoms with van der Waals surface area (Å²) in [6, 6.07) is 0. The van der Waals surface area contributed by atoms with Gasteiger partial charge in [-0.05, 0) is 6.08 Å². The quantitative estimate of drug-likeness (QED) is 0.427. The molecule has 126 valence electrons. The molecule has 0 aromatic rings. The second-order valence-corrected chi connectivity index (χ2v) is 4.15. The van der Waals surface area contributed by atoms with Gasteiger partial charge in [-0.15, -0.1) is 0 Å². The summed E-state index contributed by atoms with van der Waals surface area (Å²) in [5.41, 5.74) is 0. The zero-order valence-corrected chi connectivity index (χ0v) is 10.8. The first kappa shape index (κ1) is 20.4. The van der Waals surface area contributed by atoms with Crippen LogP contribution in [0.25, 0.3) is 0 Å². The minimum absolute atomic E-state index is 0.435. The van der Waals surface area contributed by atoms with E-state index in [1.165, 1.54) is 0 Å². The van der Waals surface area contributed by atoms with Gasteiger partial charge in [0, 0.05) is 5.33 Å². The number of hydrogen-bond acceptors (Lipinski definition) is 0. The molecule has 0 nitrogen and oxygen atoms in total. The molecule has 0 rings (SSSR count). The highest BCUT2D eigenvalue weighted by molar-refractivity contribution is 9.09. The van der Waals surface area contributed by atoms with Crippen molar-refractivity contribution in [1.82, 2.24) is 0 Å². The Balaban J connectivity index is 6.07. The van der Waals surface area contributed by atoms with E-state index in [4.69, 9.17) is 0 Å². The minimum Gasteiger partial charge on any atom is -0.205 e. The summed E-state index contributed by atoms with van der Waals surface area (Å²) in [5.74, 6) is -32.3. The topological polar surface area (TPSA) is 0 Å². The van der Waals surface area contributed by atoms with Crippen molar-refractivity contribution in [2.24, 2.45) is 0 Å². The summed E-state index contributed by atoms with van der Waals surface area (Å²) in [6.45, 7) is 0. The first-order chi connectivity index (χ1) is 8.98. The second-order valence-electron chi connectivity index (χ2n) is 3.50. The smallest absolute Gasteiger partial charge is 0.205 e. The molecular formula is C8H3BrF12. The van der Waals surface area contributed by atoms with Crippen LogP contribution in [0.15, 0.2) is 11.9 Å². The Morgan fingerprint density at radius 1 is 0.714 bits per heavy atom. The highest BCUT2D eigenvalue weighted by Gasteiger charge is 2.87. The Morgan fingerprint density at radius 2 is 1.10 bits per heavy atom. The lowest BCUT2D eigenvalue weighted by Gasteiger charge is -2.36. The van der Waals surface area contributed by atoms with Crippen molar-refractivity contribution in [3.05, 3.63) is 11.9 Å². The Bertz CT molecular complexity index is 406. The lowest BCUT2D eigenvalue weighted by atomic mass is 9.97. The molecule has 13 heteroatoms. The molecule has 0 atom stereocenters. The standard InChI is InChI=1S/C8H3BrF12/c9-2-1-3(10)4(11,12)5(13,14)6(15,16)7(17,18)8(19,20)21/h1H,2H2/b3-1-. The Kier molecular flexibility index (Phi) is 5.38. The van der Waals surface area contributed by atoms with Crippen LogP contribution in [0.1, 0.15) is 0 Å². The van der Waals surface area contributed by atoms with Crippen LogP contribution >= 0.6 is 15.9 Å². The molecule has 0 aliphatic carbocycles. The van der Waals surface area contributed by atoms with Crippen molar-refractivity contribution >= 4 is 15.9 Å². The van der Waals surface area contributed by atoms with Crippen LogP contribution in [0.4, 0.5) is 52.7 Å². The summed E-state index contributed by atoms with van der Waals surface area (Å²) in [4.78, 5) is 0. The van der Waals surface area contributed by atoms with Crippen LogP contribution in [0.3, 0.4) is 0 Å². The summed E-state index contributed by atoms with van der Waals surface area (Å²) >= 11 is 2.22. The van der Waals surface area contributed by atoms with Crippen LogP contribution in [0, 0.1) is 0 Å². The van der Waals surface area contributed by atoms with Gasteiger partial charge in [0.25, 0.3) is 0 Å². The number of alkyl halides is 12. The molecule has 0 amide bonds. The molecule has 0 spiro atoms. The Hall–Kier alpha value is -0.620. The van der Waals surface area contributed by atoms with Crippen molar-refractivity contribution in [2.75, 3.05) is 5.33 Å². The third-order valence-corrected chi connectivity index (χ3v) is 2.42. The molecule has 0 bridgehead atoms. The summed E-state index contributed by atoms with van der Waals surface area (Å²) in [5, 5.41) is -0.911. The molecule has 0 aliphatic rings. The van der Waals surface area contributed by atoms with E-state index in [1.54, 1.807) is 0 Å². The van der Waals surface area contributed by atoms with E-state index in [0.29, 0.717) is 0 Å². The number of halogens is 13. The first-order valence-corrected chi connectivity index (χ1v) is 5.60. The average Bonchev–Trinajstić information content (AvgIpc) is 2.26. The summed E-state index contributed by atoms with van der Waals surface area (Å²) in [7, 11) is 0. The van der Waals surface area contributed by atoms with E-state index >= 15 is 0 Å². The lowest BCUT2D eigenvalue weighted by molar-refractivity contribution is -0.419. The first-order valence-electron chi connectivity index (χ1n) is 4.48. The second kappa shape index (κ2) is 5.54. The van der Waals surface area contributed by atoms with Crippen molar-refractivity contribution in [1.29, 1.82) is 0 Å². The Morgan fingerprint density at radius 3 is 1.38 bits per heavy atom. The predicted octanol–water partition coefficient (Wildman–Crippen LogP) is 5.34. The van der Waals surface area contributed by atoms with Gasteiger partial charge >= 0.3 is 29.9 Å². The molecule has 0 aliphatic heterocycles. The van der Waals surface area contributed by atoms with Crippen LogP contribution in [0.5, 0.6) is 0 Å². The predicted molar refractivity (Wildman–Crippen MR) is 48.8 cm³/mol. The highest BCUT2D eigenvalue weighted by Crippen LogP contribution is 2.58. The van der Waals surface area contributed by atoms with Gasteiger partial charge < -0.3 is 0 Å². The molecule has 0 fully saturated rings. The summed E-state index contributed by atoms with van der Waals surface area (Å²) < 4.78 is 149. The fourth-order valence-corrected chi connectivity index (χ4v) is 1.20. The molecular weight excluding hydrogens is 404 g/mol. The van der Waals surface area contributed by atoms with E-state index in [-0.39, 0.29) is 0 Å². The SMILES string of the molecule is F/C(=C\CBr)C(F)(F)C(F)(F)C(F)(F)C(F)(F)C(F)(F)F. The number of rotatable bonds is 5. The highest BCUT2D eigenvalue weighted by atomic mass is 79.9. The molecule has 0 aromatic heterocycles. The van der Waals surface area contributed by atoms with Gasteiger partial charge in [-0.25, -0.2) is 4.39 Å². The third kappa shape index (κ3) is 2.97. The minimum atomic E-state index is -7.60. The van der Waals surface area contributed by atoms with E-state index in [2.05, 4.69) is 15.9 Å². The van der Waals surface area contributed by atoms with Crippen molar-refractivity contribution in [3.63, 3.8) is 0 Å². The zero-order chi connectivity index (χ0) is 17.5. The largest absolute Gasteiger partial charge is 0.460 e. The summed E-state index contributed by atoms with van der Waals surface area (Å²) in [6.07, 6.45) is -7.69. The van der Waals surface area contributed by atoms with Crippen LogP contribution in [-0.4, -0.2) is 35.2 Å². The van der Waals surface area contributed by atoms with Crippen molar-refractivity contribution in [3.8, 4) is 0 Å². The molecule has 0 saturated heterocycles. The normalized spacial score (nSPS) is 16.3. The lowest BCUT2D eigenvalue weighted by Crippen LogP contribution is -2.66. The monoisotopic (exact) mass is 406 g/mol. The van der Waals surface area contributed by atoms with Crippen LogP contribution < -0.4 is 0 Å². The molecule has 0 unspecified atom stereocenters. The van der Waals surface area contributed by atoms with Crippen LogP contribution in [-0.2, 0) is 0 Å². The third-order valence-electron chi connectivity index (χ3n) is 2.10. The van der Waals surface area contributed by atoms with E-state index in [1.807, 2.05) is 0 Å². The fourth-order valence-electron chi connectivity index (χ4n) is 0.918. The molecule has 0 heterocycles. The van der Waals surface area contributed by atoms with Gasteiger partial charge in [0.2, 0.25) is 0 Å². The zero-order valence-electron chi connectivity index (χ0n) is 9.20. The molecule has 0 aromatic carbocycles. The fraction of sp³-hybridized carbons (Fsp3) is 0.750. The maximum absolute atomic E-state index is 12.8. The number of allylic oxidation sites excluding steroid dienone is 2. The molecule has 0 N–H and O–H groups in total.